The van der Waals surface area contributed by atoms with Gasteiger partial charge in [0.1, 0.15) is 0 Å². The number of hydrogen-bond donors (Lipinski definition) is 1. The summed E-state index contributed by atoms with van der Waals surface area (Å²) < 4.78 is 0. The lowest BCUT2D eigenvalue weighted by atomic mass is 9.91. The maximum absolute atomic E-state index is 11.5. The lowest BCUT2D eigenvalue weighted by molar-refractivity contribution is -0.135. The first-order chi connectivity index (χ1) is 7.16. The molecule has 1 amide bonds. The molecule has 86 valence electrons. The summed E-state index contributed by atoms with van der Waals surface area (Å²) in [5.74, 6) is 0.229. The third-order valence-corrected chi connectivity index (χ3v) is 3.67. The van der Waals surface area contributed by atoms with Crippen molar-refractivity contribution in [3.8, 4) is 0 Å². The van der Waals surface area contributed by atoms with Crippen LogP contribution in [0.4, 0.5) is 0 Å². The first-order valence-corrected chi connectivity index (χ1v) is 5.83. The molecule has 0 atom stereocenters. The van der Waals surface area contributed by atoms with Gasteiger partial charge in [-0.1, -0.05) is 0 Å². The standard InChI is InChI=1S/C11H20N2O2/c1-12-6-7-13(8-11(12)15)9-2-4-10(14)5-3-9/h9-10,14H,2-8H2,1H3. The third kappa shape index (κ3) is 2.49. The van der Waals surface area contributed by atoms with E-state index in [1.54, 1.807) is 4.90 Å². The highest BCUT2D eigenvalue weighted by Crippen LogP contribution is 2.23. The summed E-state index contributed by atoms with van der Waals surface area (Å²) in [6.45, 7) is 2.40. The van der Waals surface area contributed by atoms with E-state index in [1.165, 1.54) is 0 Å². The van der Waals surface area contributed by atoms with E-state index in [-0.39, 0.29) is 12.0 Å². The normalized spacial score (nSPS) is 34.5. The van der Waals surface area contributed by atoms with Gasteiger partial charge in [0.2, 0.25) is 5.91 Å². The van der Waals surface area contributed by atoms with Crippen molar-refractivity contribution in [1.82, 2.24) is 9.80 Å². The Morgan fingerprint density at radius 3 is 2.47 bits per heavy atom. The SMILES string of the molecule is CN1CCN(C2CCC(O)CC2)CC1=O. The summed E-state index contributed by atoms with van der Waals surface area (Å²) in [5.41, 5.74) is 0. The molecule has 4 nitrogen and oxygen atoms in total. The van der Waals surface area contributed by atoms with Crippen molar-refractivity contribution in [2.24, 2.45) is 0 Å². The third-order valence-electron chi connectivity index (χ3n) is 3.67. The summed E-state index contributed by atoms with van der Waals surface area (Å²) in [6.07, 6.45) is 3.76. The number of aliphatic hydroxyl groups excluding tert-OH is 1. The van der Waals surface area contributed by atoms with Crippen LogP contribution < -0.4 is 0 Å². The predicted molar refractivity (Wildman–Crippen MR) is 57.5 cm³/mol. The monoisotopic (exact) mass is 212 g/mol. The van der Waals surface area contributed by atoms with E-state index in [1.807, 2.05) is 7.05 Å². The van der Waals surface area contributed by atoms with Crippen molar-refractivity contribution >= 4 is 5.91 Å². The highest BCUT2D eigenvalue weighted by Gasteiger charge is 2.29. The van der Waals surface area contributed by atoms with Crippen LogP contribution in [-0.4, -0.2) is 59.6 Å². The number of carbonyl (C=O) groups is 1. The maximum atomic E-state index is 11.5. The Balaban J connectivity index is 1.86. The minimum atomic E-state index is -0.107. The number of aliphatic hydroxyl groups is 1. The lowest BCUT2D eigenvalue weighted by Gasteiger charge is -2.39. The average molecular weight is 212 g/mol. The van der Waals surface area contributed by atoms with Crippen LogP contribution in [0.3, 0.4) is 0 Å². The molecule has 0 radical (unpaired) electrons. The summed E-state index contributed by atoms with van der Waals surface area (Å²) in [5, 5.41) is 9.43. The minimum absolute atomic E-state index is 0.107. The lowest BCUT2D eigenvalue weighted by Crippen LogP contribution is -2.53. The Kier molecular flexibility index (Phi) is 3.26. The van der Waals surface area contributed by atoms with Gasteiger partial charge in [-0.15, -0.1) is 0 Å². The topological polar surface area (TPSA) is 43.8 Å². The molecule has 15 heavy (non-hydrogen) atoms. The number of carbonyl (C=O) groups excluding carboxylic acids is 1. The van der Waals surface area contributed by atoms with Gasteiger partial charge < -0.3 is 10.0 Å². The van der Waals surface area contributed by atoms with Crippen LogP contribution in [0.15, 0.2) is 0 Å². The van der Waals surface area contributed by atoms with Gasteiger partial charge in [-0.3, -0.25) is 9.69 Å². The second kappa shape index (κ2) is 4.49. The van der Waals surface area contributed by atoms with Crippen LogP contribution in [0.5, 0.6) is 0 Å². The number of hydrogen-bond acceptors (Lipinski definition) is 3. The molecule has 1 saturated carbocycles. The van der Waals surface area contributed by atoms with E-state index in [4.69, 9.17) is 0 Å². The van der Waals surface area contributed by atoms with Gasteiger partial charge >= 0.3 is 0 Å². The first-order valence-electron chi connectivity index (χ1n) is 5.83. The molecule has 1 aliphatic carbocycles. The zero-order chi connectivity index (χ0) is 10.8. The predicted octanol–water partition coefficient (Wildman–Crippen LogP) is 0.0639. The van der Waals surface area contributed by atoms with Crippen molar-refractivity contribution < 1.29 is 9.90 Å². The molecule has 0 aromatic carbocycles. The number of piperazine rings is 1. The van der Waals surface area contributed by atoms with Crippen LogP contribution in [0.1, 0.15) is 25.7 Å². The molecule has 1 N–H and O–H groups in total. The van der Waals surface area contributed by atoms with Crippen molar-refractivity contribution in [2.45, 2.75) is 37.8 Å². The van der Waals surface area contributed by atoms with Gasteiger partial charge in [-0.2, -0.15) is 0 Å². The van der Waals surface area contributed by atoms with Gasteiger partial charge in [-0.25, -0.2) is 0 Å². The zero-order valence-electron chi connectivity index (χ0n) is 9.35. The van der Waals surface area contributed by atoms with E-state index < -0.39 is 0 Å². The average Bonchev–Trinajstić information content (AvgIpc) is 2.23. The van der Waals surface area contributed by atoms with E-state index in [0.717, 1.165) is 38.8 Å². The Morgan fingerprint density at radius 2 is 1.87 bits per heavy atom. The van der Waals surface area contributed by atoms with Crippen LogP contribution in [0.2, 0.25) is 0 Å². The molecule has 1 aliphatic heterocycles. The molecule has 2 fully saturated rings. The molecular weight excluding hydrogens is 192 g/mol. The quantitative estimate of drug-likeness (QED) is 0.668. The molecule has 1 heterocycles. The Hall–Kier alpha value is -0.610. The van der Waals surface area contributed by atoms with Crippen LogP contribution in [0, 0.1) is 0 Å². The van der Waals surface area contributed by atoms with Crippen molar-refractivity contribution in [3.63, 3.8) is 0 Å². The second-order valence-corrected chi connectivity index (χ2v) is 4.75. The van der Waals surface area contributed by atoms with Crippen LogP contribution in [0.25, 0.3) is 0 Å². The summed E-state index contributed by atoms with van der Waals surface area (Å²) in [4.78, 5) is 15.6. The van der Waals surface area contributed by atoms with Crippen LogP contribution in [-0.2, 0) is 4.79 Å². The molecule has 0 bridgehead atoms. The minimum Gasteiger partial charge on any atom is -0.393 e. The smallest absolute Gasteiger partial charge is 0.236 e. The van der Waals surface area contributed by atoms with Gasteiger partial charge in [0, 0.05) is 26.2 Å². The van der Waals surface area contributed by atoms with Crippen molar-refractivity contribution in [3.05, 3.63) is 0 Å². The number of nitrogens with zero attached hydrogens (tertiary/aromatic N) is 2. The fourth-order valence-corrected chi connectivity index (χ4v) is 2.51. The first kappa shape index (κ1) is 10.9. The Bertz CT molecular complexity index is 237. The molecule has 4 heteroatoms. The highest BCUT2D eigenvalue weighted by atomic mass is 16.3. The summed E-state index contributed by atoms with van der Waals surface area (Å²) in [6, 6.07) is 0.519. The molecule has 2 rings (SSSR count). The fourth-order valence-electron chi connectivity index (χ4n) is 2.51. The summed E-state index contributed by atoms with van der Waals surface area (Å²) >= 11 is 0. The van der Waals surface area contributed by atoms with E-state index in [0.29, 0.717) is 12.6 Å². The largest absolute Gasteiger partial charge is 0.393 e. The molecular formula is C11H20N2O2. The number of rotatable bonds is 1. The number of amides is 1. The molecule has 0 unspecified atom stereocenters. The van der Waals surface area contributed by atoms with Gasteiger partial charge in [0.25, 0.3) is 0 Å². The molecule has 0 aromatic rings. The Morgan fingerprint density at radius 1 is 1.20 bits per heavy atom. The van der Waals surface area contributed by atoms with E-state index >= 15 is 0 Å². The second-order valence-electron chi connectivity index (χ2n) is 4.75. The zero-order valence-corrected chi connectivity index (χ0v) is 9.35. The van der Waals surface area contributed by atoms with Gasteiger partial charge in [-0.05, 0) is 25.7 Å². The van der Waals surface area contributed by atoms with E-state index in [2.05, 4.69) is 4.90 Å². The molecule has 1 saturated heterocycles. The van der Waals surface area contributed by atoms with Crippen molar-refractivity contribution in [2.75, 3.05) is 26.7 Å². The molecule has 0 aromatic heterocycles. The fraction of sp³-hybridized carbons (Fsp3) is 0.909. The highest BCUT2D eigenvalue weighted by molar-refractivity contribution is 5.78. The summed E-state index contributed by atoms with van der Waals surface area (Å²) in [7, 11) is 1.87. The number of likely N-dealkylation sites (N-methyl/N-ethyl adjacent to an activating group) is 1. The Labute approximate surface area is 90.9 Å². The van der Waals surface area contributed by atoms with E-state index in [9.17, 15) is 9.90 Å². The molecule has 0 spiro atoms. The van der Waals surface area contributed by atoms with Crippen LogP contribution >= 0.6 is 0 Å². The van der Waals surface area contributed by atoms with Crippen molar-refractivity contribution in [1.29, 1.82) is 0 Å². The maximum Gasteiger partial charge on any atom is 0.236 e. The molecule has 2 aliphatic rings. The van der Waals surface area contributed by atoms with Gasteiger partial charge in [0.15, 0.2) is 0 Å². The van der Waals surface area contributed by atoms with Gasteiger partial charge in [0.05, 0.1) is 12.6 Å².